The molecule has 0 spiro atoms. The van der Waals surface area contributed by atoms with Crippen LogP contribution in [0.2, 0.25) is 0 Å². The first-order valence-electron chi connectivity index (χ1n) is 6.66. The zero-order valence-electron chi connectivity index (χ0n) is 10.1. The van der Waals surface area contributed by atoms with Gasteiger partial charge in [0, 0.05) is 24.3 Å². The first-order valence-corrected chi connectivity index (χ1v) is 6.66. The van der Waals surface area contributed by atoms with Crippen LogP contribution in [0.4, 0.5) is 5.69 Å². The van der Waals surface area contributed by atoms with Crippen molar-refractivity contribution in [1.29, 1.82) is 0 Å². The lowest BCUT2D eigenvalue weighted by atomic mass is 9.96. The highest BCUT2D eigenvalue weighted by Gasteiger charge is 2.24. The fourth-order valence-corrected chi connectivity index (χ4v) is 3.06. The molecular weight excluding hydrogens is 212 g/mol. The molecule has 1 aliphatic carbocycles. The van der Waals surface area contributed by atoms with Crippen molar-refractivity contribution in [3.05, 3.63) is 23.8 Å². The number of hydrogen-bond donors (Lipinski definition) is 3. The second-order valence-electron chi connectivity index (χ2n) is 5.19. The van der Waals surface area contributed by atoms with E-state index >= 15 is 0 Å². The zero-order chi connectivity index (χ0) is 11.7. The molecule has 0 radical (unpaired) electrons. The van der Waals surface area contributed by atoms with Crippen LogP contribution >= 0.6 is 0 Å². The number of anilines is 1. The van der Waals surface area contributed by atoms with Crippen LogP contribution in [0.3, 0.4) is 0 Å². The van der Waals surface area contributed by atoms with Crippen LogP contribution in [0.15, 0.2) is 18.2 Å². The maximum atomic E-state index is 9.61. The Morgan fingerprint density at radius 1 is 1.18 bits per heavy atom. The second kappa shape index (κ2) is 4.57. The Balaban J connectivity index is 1.80. The molecule has 1 aromatic rings. The van der Waals surface area contributed by atoms with E-state index in [-0.39, 0.29) is 0 Å². The Hall–Kier alpha value is -1.22. The summed E-state index contributed by atoms with van der Waals surface area (Å²) in [6.45, 7) is 1.02. The normalized spacial score (nSPS) is 24.4. The van der Waals surface area contributed by atoms with Gasteiger partial charge in [-0.15, -0.1) is 0 Å². The first kappa shape index (κ1) is 10.9. The summed E-state index contributed by atoms with van der Waals surface area (Å²) in [7, 11) is 0. The predicted octanol–water partition coefficient (Wildman–Crippen LogP) is 2.78. The van der Waals surface area contributed by atoms with Crippen molar-refractivity contribution < 1.29 is 5.11 Å². The van der Waals surface area contributed by atoms with Gasteiger partial charge in [-0.25, -0.2) is 0 Å². The number of benzene rings is 1. The summed E-state index contributed by atoms with van der Waals surface area (Å²) < 4.78 is 0. The van der Waals surface area contributed by atoms with Crippen LogP contribution in [0.5, 0.6) is 5.75 Å². The van der Waals surface area contributed by atoms with Gasteiger partial charge >= 0.3 is 0 Å². The third-order valence-corrected chi connectivity index (χ3v) is 3.95. The van der Waals surface area contributed by atoms with E-state index in [0.717, 1.165) is 13.0 Å². The number of fused-ring (bicyclic) bond motifs is 1. The lowest BCUT2D eigenvalue weighted by Crippen LogP contribution is -2.34. The fraction of sp³-hybridized carbons (Fsp3) is 0.571. The van der Waals surface area contributed by atoms with Gasteiger partial charge in [-0.1, -0.05) is 12.8 Å². The highest BCUT2D eigenvalue weighted by atomic mass is 16.3. The van der Waals surface area contributed by atoms with Crippen LogP contribution in [0.25, 0.3) is 0 Å². The van der Waals surface area contributed by atoms with Gasteiger partial charge in [-0.05, 0) is 43.0 Å². The topological polar surface area (TPSA) is 44.3 Å². The fourth-order valence-electron chi connectivity index (χ4n) is 3.06. The highest BCUT2D eigenvalue weighted by molar-refractivity contribution is 5.57. The molecule has 1 heterocycles. The molecule has 1 aromatic carbocycles. The second-order valence-corrected chi connectivity index (χ2v) is 5.19. The van der Waals surface area contributed by atoms with Gasteiger partial charge in [0.15, 0.2) is 0 Å². The molecule has 0 amide bonds. The number of phenolic OH excluding ortho intramolecular Hbond substituents is 1. The lowest BCUT2D eigenvalue weighted by molar-refractivity contribution is 0.417. The molecule has 3 rings (SSSR count). The average molecular weight is 232 g/mol. The van der Waals surface area contributed by atoms with Crippen molar-refractivity contribution in [3.63, 3.8) is 0 Å². The summed E-state index contributed by atoms with van der Waals surface area (Å²) in [5, 5.41) is 16.8. The third kappa shape index (κ3) is 2.25. The summed E-state index contributed by atoms with van der Waals surface area (Å²) in [6, 6.07) is 6.71. The summed E-state index contributed by atoms with van der Waals surface area (Å²) in [5.74, 6) is 0.366. The highest BCUT2D eigenvalue weighted by Crippen LogP contribution is 2.34. The summed E-state index contributed by atoms with van der Waals surface area (Å²) in [5.41, 5.74) is 2.40. The van der Waals surface area contributed by atoms with Gasteiger partial charge < -0.3 is 15.7 Å². The minimum absolute atomic E-state index is 0.366. The van der Waals surface area contributed by atoms with E-state index < -0.39 is 0 Å². The van der Waals surface area contributed by atoms with Crippen LogP contribution in [-0.2, 0) is 0 Å². The first-order chi connectivity index (χ1) is 8.33. The number of nitrogens with one attached hydrogen (secondary N) is 2. The Labute approximate surface area is 102 Å². The van der Waals surface area contributed by atoms with Crippen molar-refractivity contribution in [2.75, 3.05) is 11.9 Å². The maximum absolute atomic E-state index is 9.61. The van der Waals surface area contributed by atoms with Gasteiger partial charge in [0.05, 0.1) is 0 Å². The molecule has 1 saturated carbocycles. The SMILES string of the molecule is Oc1ccc2c(c1)C(NC1CCCC1)CCN2. The van der Waals surface area contributed by atoms with Crippen molar-refractivity contribution in [3.8, 4) is 5.75 Å². The van der Waals surface area contributed by atoms with E-state index in [1.165, 1.54) is 36.9 Å². The molecule has 1 atom stereocenters. The molecule has 0 bridgehead atoms. The molecule has 0 saturated heterocycles. The van der Waals surface area contributed by atoms with E-state index in [0.29, 0.717) is 17.8 Å². The Kier molecular flexibility index (Phi) is 2.93. The molecule has 1 aliphatic heterocycles. The van der Waals surface area contributed by atoms with E-state index in [1.807, 2.05) is 12.1 Å². The standard InChI is InChI=1S/C14H20N2O/c17-11-5-6-13-12(9-11)14(7-8-15-13)16-10-3-1-2-4-10/h5-6,9-10,14-17H,1-4,7-8H2. The monoisotopic (exact) mass is 232 g/mol. The molecule has 0 aromatic heterocycles. The lowest BCUT2D eigenvalue weighted by Gasteiger charge is -2.30. The quantitative estimate of drug-likeness (QED) is 0.687. The van der Waals surface area contributed by atoms with E-state index in [1.54, 1.807) is 6.07 Å². The number of hydrogen-bond acceptors (Lipinski definition) is 3. The van der Waals surface area contributed by atoms with Crippen molar-refractivity contribution in [1.82, 2.24) is 5.32 Å². The van der Waals surface area contributed by atoms with E-state index in [2.05, 4.69) is 10.6 Å². The van der Waals surface area contributed by atoms with Gasteiger partial charge in [0.1, 0.15) is 5.75 Å². The molecule has 1 fully saturated rings. The summed E-state index contributed by atoms with van der Waals surface area (Å²) in [4.78, 5) is 0. The third-order valence-electron chi connectivity index (χ3n) is 3.95. The largest absolute Gasteiger partial charge is 0.508 e. The maximum Gasteiger partial charge on any atom is 0.116 e. The van der Waals surface area contributed by atoms with Crippen LogP contribution in [0, 0.1) is 0 Å². The van der Waals surface area contributed by atoms with E-state index in [4.69, 9.17) is 0 Å². The predicted molar refractivity (Wildman–Crippen MR) is 69.3 cm³/mol. The molecule has 3 nitrogen and oxygen atoms in total. The Morgan fingerprint density at radius 3 is 2.82 bits per heavy atom. The molecule has 92 valence electrons. The number of phenols is 1. The van der Waals surface area contributed by atoms with Gasteiger partial charge in [0.2, 0.25) is 0 Å². The Bertz CT molecular complexity index is 399. The molecule has 1 unspecified atom stereocenters. The van der Waals surface area contributed by atoms with E-state index in [9.17, 15) is 5.11 Å². The van der Waals surface area contributed by atoms with Gasteiger partial charge in [-0.3, -0.25) is 0 Å². The Morgan fingerprint density at radius 2 is 2.00 bits per heavy atom. The van der Waals surface area contributed by atoms with Gasteiger partial charge in [-0.2, -0.15) is 0 Å². The van der Waals surface area contributed by atoms with Gasteiger partial charge in [0.25, 0.3) is 0 Å². The molecular formula is C14H20N2O. The van der Waals surface area contributed by atoms with Crippen molar-refractivity contribution in [2.24, 2.45) is 0 Å². The molecule has 3 N–H and O–H groups in total. The van der Waals surface area contributed by atoms with Crippen molar-refractivity contribution in [2.45, 2.75) is 44.2 Å². The smallest absolute Gasteiger partial charge is 0.116 e. The summed E-state index contributed by atoms with van der Waals surface area (Å²) in [6.07, 6.45) is 6.42. The van der Waals surface area contributed by atoms with Crippen LogP contribution in [0.1, 0.15) is 43.7 Å². The molecule has 2 aliphatic rings. The minimum Gasteiger partial charge on any atom is -0.508 e. The van der Waals surface area contributed by atoms with Crippen LogP contribution < -0.4 is 10.6 Å². The average Bonchev–Trinajstić information content (AvgIpc) is 2.83. The van der Waals surface area contributed by atoms with Crippen LogP contribution in [-0.4, -0.2) is 17.7 Å². The van der Waals surface area contributed by atoms with Crippen molar-refractivity contribution >= 4 is 5.69 Å². The number of rotatable bonds is 2. The summed E-state index contributed by atoms with van der Waals surface area (Å²) >= 11 is 0. The molecule has 17 heavy (non-hydrogen) atoms. The zero-order valence-corrected chi connectivity index (χ0v) is 10.1. The number of aromatic hydroxyl groups is 1. The molecule has 3 heteroatoms. The minimum atomic E-state index is 0.366.